The van der Waals surface area contributed by atoms with Gasteiger partial charge < -0.3 is 4.52 Å². The second-order valence-electron chi connectivity index (χ2n) is 6.90. The second kappa shape index (κ2) is 8.05. The van der Waals surface area contributed by atoms with Crippen LogP contribution in [-0.2, 0) is 13.0 Å². The van der Waals surface area contributed by atoms with E-state index in [9.17, 15) is 0 Å². The summed E-state index contributed by atoms with van der Waals surface area (Å²) in [5.41, 5.74) is 3.99. The molecule has 0 amide bonds. The molecule has 3 aromatic heterocycles. The highest BCUT2D eigenvalue weighted by Crippen LogP contribution is 2.25. The third kappa shape index (κ3) is 4.16. The molecule has 4 heterocycles. The molecule has 6 nitrogen and oxygen atoms in total. The molecule has 0 aromatic carbocycles. The average Bonchev–Trinajstić information content (AvgIpc) is 3.31. The van der Waals surface area contributed by atoms with Crippen molar-refractivity contribution in [1.29, 1.82) is 0 Å². The zero-order valence-electron chi connectivity index (χ0n) is 15.0. The molecule has 1 fully saturated rings. The number of rotatable bonds is 6. The van der Waals surface area contributed by atoms with E-state index in [2.05, 4.69) is 31.9 Å². The van der Waals surface area contributed by atoms with Crippen LogP contribution in [0.25, 0.3) is 11.5 Å². The molecule has 1 atom stereocenters. The predicted molar refractivity (Wildman–Crippen MR) is 101 cm³/mol. The highest BCUT2D eigenvalue weighted by Gasteiger charge is 2.21. The monoisotopic (exact) mass is 369 g/mol. The molecule has 1 aliphatic heterocycles. The van der Waals surface area contributed by atoms with Gasteiger partial charge in [-0.3, -0.25) is 9.88 Å². The highest BCUT2D eigenvalue weighted by molar-refractivity contribution is 7.09. The van der Waals surface area contributed by atoms with Crippen LogP contribution in [0.3, 0.4) is 0 Å². The molecular weight excluding hydrogens is 346 g/mol. The molecule has 136 valence electrons. The Bertz CT molecular complexity index is 831. The van der Waals surface area contributed by atoms with E-state index in [-0.39, 0.29) is 0 Å². The summed E-state index contributed by atoms with van der Waals surface area (Å²) in [7, 11) is 0. The van der Waals surface area contributed by atoms with Gasteiger partial charge in [0.05, 0.1) is 16.8 Å². The van der Waals surface area contributed by atoms with Crippen LogP contribution in [0.5, 0.6) is 0 Å². The van der Waals surface area contributed by atoms with E-state index in [1.807, 2.05) is 17.6 Å². The van der Waals surface area contributed by atoms with Gasteiger partial charge in [0.2, 0.25) is 0 Å². The normalized spacial score (nSPS) is 18.3. The van der Waals surface area contributed by atoms with Gasteiger partial charge in [0.15, 0.2) is 5.82 Å². The Hall–Kier alpha value is -2.12. The van der Waals surface area contributed by atoms with E-state index in [1.54, 1.807) is 23.7 Å². The Kier molecular flexibility index (Phi) is 5.36. The van der Waals surface area contributed by atoms with Crippen LogP contribution in [0.4, 0.5) is 0 Å². The van der Waals surface area contributed by atoms with Crippen LogP contribution >= 0.6 is 11.3 Å². The van der Waals surface area contributed by atoms with Gasteiger partial charge in [0.25, 0.3) is 5.89 Å². The van der Waals surface area contributed by atoms with Gasteiger partial charge in [-0.25, -0.2) is 4.98 Å². The van der Waals surface area contributed by atoms with Crippen LogP contribution < -0.4 is 0 Å². The summed E-state index contributed by atoms with van der Waals surface area (Å²) >= 11 is 1.77. The molecule has 0 spiro atoms. The number of hydrogen-bond donors (Lipinski definition) is 0. The van der Waals surface area contributed by atoms with Crippen molar-refractivity contribution in [3.63, 3.8) is 0 Å². The number of aromatic nitrogens is 4. The van der Waals surface area contributed by atoms with Crippen molar-refractivity contribution in [2.45, 2.75) is 39.2 Å². The molecule has 0 aliphatic carbocycles. The van der Waals surface area contributed by atoms with Gasteiger partial charge in [-0.2, -0.15) is 4.98 Å². The number of hydrogen-bond acceptors (Lipinski definition) is 7. The molecule has 7 heteroatoms. The van der Waals surface area contributed by atoms with Gasteiger partial charge in [-0.15, -0.1) is 11.3 Å². The summed E-state index contributed by atoms with van der Waals surface area (Å²) in [5, 5.41) is 4.13. The first kappa shape index (κ1) is 17.3. The van der Waals surface area contributed by atoms with Crippen molar-refractivity contribution in [3.8, 4) is 11.5 Å². The average molecular weight is 369 g/mol. The summed E-state index contributed by atoms with van der Waals surface area (Å²) in [5.74, 6) is 2.04. The molecule has 0 bridgehead atoms. The minimum absolute atomic E-state index is 0.555. The fraction of sp³-hybridized carbons (Fsp3) is 0.474. The summed E-state index contributed by atoms with van der Waals surface area (Å²) in [4.78, 5) is 16.9. The first-order valence-electron chi connectivity index (χ1n) is 9.12. The first-order chi connectivity index (χ1) is 12.8. The third-order valence-corrected chi connectivity index (χ3v) is 5.89. The highest BCUT2D eigenvalue weighted by atomic mass is 32.1. The van der Waals surface area contributed by atoms with Crippen LogP contribution in [0, 0.1) is 12.8 Å². The van der Waals surface area contributed by atoms with E-state index in [0.717, 1.165) is 37.3 Å². The fourth-order valence-electron chi connectivity index (χ4n) is 3.51. The topological polar surface area (TPSA) is 67.9 Å². The van der Waals surface area contributed by atoms with Gasteiger partial charge in [-0.1, -0.05) is 5.16 Å². The minimum Gasteiger partial charge on any atom is -0.334 e. The van der Waals surface area contributed by atoms with E-state index in [1.165, 1.54) is 30.0 Å². The van der Waals surface area contributed by atoms with Crippen molar-refractivity contribution in [2.75, 3.05) is 13.1 Å². The molecule has 1 aliphatic rings. The Morgan fingerprint density at radius 1 is 1.38 bits per heavy atom. The van der Waals surface area contributed by atoms with Crippen LogP contribution in [0.15, 0.2) is 34.6 Å². The standard InChI is InChI=1S/C19H23N5OS/c1-14-17(26-13-21-14)12-24-9-3-4-15(11-24)6-7-18-22-19(25-23-18)16-5-2-8-20-10-16/h2,5,8,10,13,15H,3-4,6-7,9,11-12H2,1H3. The maximum Gasteiger partial charge on any atom is 0.259 e. The minimum atomic E-state index is 0.555. The molecule has 0 radical (unpaired) electrons. The molecule has 3 aromatic rings. The van der Waals surface area contributed by atoms with Crippen LogP contribution in [-0.4, -0.2) is 38.1 Å². The van der Waals surface area contributed by atoms with Gasteiger partial charge >= 0.3 is 0 Å². The lowest BCUT2D eigenvalue weighted by Crippen LogP contribution is -2.35. The second-order valence-corrected chi connectivity index (χ2v) is 7.84. The summed E-state index contributed by atoms with van der Waals surface area (Å²) < 4.78 is 5.38. The molecule has 1 unspecified atom stereocenters. The summed E-state index contributed by atoms with van der Waals surface area (Å²) in [6.45, 7) is 5.45. The Balaban J connectivity index is 1.30. The molecular formula is C19H23N5OS. The third-order valence-electron chi connectivity index (χ3n) is 4.97. The number of aryl methyl sites for hydroxylation is 2. The Morgan fingerprint density at radius 2 is 2.35 bits per heavy atom. The summed E-state index contributed by atoms with van der Waals surface area (Å²) in [6, 6.07) is 3.81. The van der Waals surface area contributed by atoms with Crippen molar-refractivity contribution in [2.24, 2.45) is 5.92 Å². The zero-order chi connectivity index (χ0) is 17.8. The lowest BCUT2D eigenvalue weighted by molar-refractivity contribution is 0.162. The number of pyridine rings is 1. The maximum atomic E-state index is 5.38. The largest absolute Gasteiger partial charge is 0.334 e. The molecule has 26 heavy (non-hydrogen) atoms. The van der Waals surface area contributed by atoms with Crippen molar-refractivity contribution >= 4 is 11.3 Å². The Labute approximate surface area is 157 Å². The Morgan fingerprint density at radius 3 is 3.15 bits per heavy atom. The number of likely N-dealkylation sites (tertiary alicyclic amines) is 1. The van der Waals surface area contributed by atoms with Crippen molar-refractivity contribution in [1.82, 2.24) is 25.0 Å². The summed E-state index contributed by atoms with van der Waals surface area (Å²) in [6.07, 6.45) is 7.99. The van der Waals surface area contributed by atoms with E-state index < -0.39 is 0 Å². The maximum absolute atomic E-state index is 5.38. The van der Waals surface area contributed by atoms with Crippen molar-refractivity contribution in [3.05, 3.63) is 46.4 Å². The van der Waals surface area contributed by atoms with Gasteiger partial charge in [-0.05, 0) is 50.8 Å². The number of thiazole rings is 1. The SMILES string of the molecule is Cc1ncsc1CN1CCCC(CCc2noc(-c3cccnc3)n2)C1. The van der Waals surface area contributed by atoms with Crippen LogP contribution in [0.1, 0.15) is 35.7 Å². The lowest BCUT2D eigenvalue weighted by atomic mass is 9.93. The predicted octanol–water partition coefficient (Wildman–Crippen LogP) is 3.74. The van der Waals surface area contributed by atoms with Gasteiger partial charge in [0, 0.05) is 36.8 Å². The van der Waals surface area contributed by atoms with E-state index >= 15 is 0 Å². The molecule has 4 rings (SSSR count). The fourth-order valence-corrected chi connectivity index (χ4v) is 4.33. The quantitative estimate of drug-likeness (QED) is 0.659. The van der Waals surface area contributed by atoms with E-state index in [0.29, 0.717) is 11.8 Å². The van der Waals surface area contributed by atoms with Crippen LogP contribution in [0.2, 0.25) is 0 Å². The number of nitrogens with zero attached hydrogens (tertiary/aromatic N) is 5. The smallest absolute Gasteiger partial charge is 0.259 e. The number of piperidine rings is 1. The van der Waals surface area contributed by atoms with Gasteiger partial charge in [0.1, 0.15) is 0 Å². The first-order valence-corrected chi connectivity index (χ1v) is 10.00. The zero-order valence-corrected chi connectivity index (χ0v) is 15.8. The van der Waals surface area contributed by atoms with Crippen molar-refractivity contribution < 1.29 is 4.52 Å². The molecule has 0 N–H and O–H groups in total. The lowest BCUT2D eigenvalue weighted by Gasteiger charge is -2.32. The molecule has 1 saturated heterocycles. The van der Waals surface area contributed by atoms with E-state index in [4.69, 9.17) is 4.52 Å². The molecule has 0 saturated carbocycles.